The van der Waals surface area contributed by atoms with Gasteiger partial charge in [-0.05, 0) is 35.9 Å². The molecular formula is C19H14ClN3OS. The molecule has 0 radical (unpaired) electrons. The molecule has 2 aromatic carbocycles. The van der Waals surface area contributed by atoms with Crippen LogP contribution in [-0.4, -0.2) is 10.9 Å². The Morgan fingerprint density at radius 3 is 2.88 bits per heavy atom. The van der Waals surface area contributed by atoms with Gasteiger partial charge >= 0.3 is 0 Å². The van der Waals surface area contributed by atoms with E-state index in [1.54, 1.807) is 24.3 Å². The van der Waals surface area contributed by atoms with Gasteiger partial charge in [0.05, 0.1) is 28.8 Å². The van der Waals surface area contributed by atoms with E-state index in [1.807, 2.05) is 35.7 Å². The molecule has 1 heterocycles. The largest absolute Gasteiger partial charge is 0.326 e. The van der Waals surface area contributed by atoms with Gasteiger partial charge < -0.3 is 5.32 Å². The number of nitriles is 1. The first-order valence-electron chi connectivity index (χ1n) is 7.60. The average molecular weight is 368 g/mol. The van der Waals surface area contributed by atoms with E-state index >= 15 is 0 Å². The number of carbonyl (C=O) groups is 1. The Bertz CT molecular complexity index is 946. The highest BCUT2D eigenvalue weighted by atomic mass is 35.5. The van der Waals surface area contributed by atoms with Crippen molar-refractivity contribution in [2.24, 2.45) is 0 Å². The summed E-state index contributed by atoms with van der Waals surface area (Å²) < 4.78 is 0. The smallest absolute Gasteiger partial charge is 0.230 e. The maximum absolute atomic E-state index is 12.1. The van der Waals surface area contributed by atoms with Gasteiger partial charge in [-0.2, -0.15) is 5.26 Å². The number of anilines is 1. The van der Waals surface area contributed by atoms with Gasteiger partial charge in [-0.15, -0.1) is 11.3 Å². The number of benzene rings is 2. The third kappa shape index (κ3) is 4.90. The summed E-state index contributed by atoms with van der Waals surface area (Å²) in [6.07, 6.45) is 0.889. The SMILES string of the molecule is N#Cc1cccc(NC(=O)Cc2csc(Cc3cccc(Cl)c3)n2)c1. The highest BCUT2D eigenvalue weighted by molar-refractivity contribution is 7.09. The fraction of sp³-hybridized carbons (Fsp3) is 0.105. The Labute approximate surface area is 154 Å². The standard InChI is InChI=1S/C19H14ClN3OS/c20-15-5-1-3-13(7-15)9-19-23-17(12-25-19)10-18(24)22-16-6-2-4-14(8-16)11-21/h1-8,12H,9-10H2,(H,22,24). The van der Waals surface area contributed by atoms with Gasteiger partial charge in [0.15, 0.2) is 0 Å². The minimum absolute atomic E-state index is 0.158. The van der Waals surface area contributed by atoms with Crippen LogP contribution in [0.15, 0.2) is 53.9 Å². The molecule has 124 valence electrons. The van der Waals surface area contributed by atoms with Crippen molar-refractivity contribution in [1.82, 2.24) is 4.98 Å². The summed E-state index contributed by atoms with van der Waals surface area (Å²) in [6, 6.07) is 16.5. The van der Waals surface area contributed by atoms with Crippen molar-refractivity contribution >= 4 is 34.5 Å². The van der Waals surface area contributed by atoms with Crippen LogP contribution in [0.5, 0.6) is 0 Å². The number of hydrogen-bond acceptors (Lipinski definition) is 4. The van der Waals surface area contributed by atoms with Gasteiger partial charge in [-0.3, -0.25) is 4.79 Å². The Morgan fingerprint density at radius 2 is 2.08 bits per heavy atom. The van der Waals surface area contributed by atoms with E-state index in [0.717, 1.165) is 16.3 Å². The predicted molar refractivity (Wildman–Crippen MR) is 99.9 cm³/mol. The van der Waals surface area contributed by atoms with Crippen LogP contribution in [0.4, 0.5) is 5.69 Å². The number of amides is 1. The molecule has 1 amide bonds. The zero-order chi connectivity index (χ0) is 17.6. The molecule has 0 aliphatic carbocycles. The van der Waals surface area contributed by atoms with Crippen molar-refractivity contribution < 1.29 is 4.79 Å². The van der Waals surface area contributed by atoms with Crippen molar-refractivity contribution in [3.8, 4) is 6.07 Å². The van der Waals surface area contributed by atoms with Gasteiger partial charge in [-0.1, -0.05) is 29.8 Å². The Balaban J connectivity index is 1.61. The third-order valence-electron chi connectivity index (χ3n) is 3.46. The van der Waals surface area contributed by atoms with E-state index in [-0.39, 0.29) is 12.3 Å². The second kappa shape index (κ2) is 7.93. The van der Waals surface area contributed by atoms with E-state index in [2.05, 4.69) is 10.3 Å². The summed E-state index contributed by atoms with van der Waals surface area (Å²) in [5.74, 6) is -0.158. The number of carbonyl (C=O) groups excluding carboxylic acids is 1. The van der Waals surface area contributed by atoms with Crippen molar-refractivity contribution in [3.63, 3.8) is 0 Å². The van der Waals surface area contributed by atoms with Crippen LogP contribution >= 0.6 is 22.9 Å². The van der Waals surface area contributed by atoms with Crippen LogP contribution in [0.2, 0.25) is 5.02 Å². The zero-order valence-electron chi connectivity index (χ0n) is 13.2. The van der Waals surface area contributed by atoms with E-state index < -0.39 is 0 Å². The van der Waals surface area contributed by atoms with Crippen molar-refractivity contribution in [3.05, 3.63) is 80.8 Å². The molecule has 3 aromatic rings. The molecule has 25 heavy (non-hydrogen) atoms. The number of halogens is 1. The second-order valence-corrected chi connectivity index (χ2v) is 6.84. The normalized spacial score (nSPS) is 10.2. The lowest BCUT2D eigenvalue weighted by Crippen LogP contribution is -2.14. The van der Waals surface area contributed by atoms with Gasteiger partial charge in [0.2, 0.25) is 5.91 Å². The molecule has 0 aliphatic rings. The molecule has 0 fully saturated rings. The highest BCUT2D eigenvalue weighted by Gasteiger charge is 2.09. The minimum Gasteiger partial charge on any atom is -0.326 e. The molecule has 3 rings (SSSR count). The van der Waals surface area contributed by atoms with Crippen LogP contribution in [0.3, 0.4) is 0 Å². The number of hydrogen-bond donors (Lipinski definition) is 1. The number of nitrogens with zero attached hydrogens (tertiary/aromatic N) is 2. The first-order valence-corrected chi connectivity index (χ1v) is 8.86. The lowest BCUT2D eigenvalue weighted by Gasteiger charge is -2.04. The molecule has 0 unspecified atom stereocenters. The maximum Gasteiger partial charge on any atom is 0.230 e. The topological polar surface area (TPSA) is 65.8 Å². The predicted octanol–water partition coefficient (Wildman–Crippen LogP) is 4.44. The molecule has 0 atom stereocenters. The van der Waals surface area contributed by atoms with Crippen molar-refractivity contribution in [1.29, 1.82) is 5.26 Å². The average Bonchev–Trinajstić information content (AvgIpc) is 3.01. The molecule has 6 heteroatoms. The molecule has 0 bridgehead atoms. The first-order chi connectivity index (χ1) is 12.1. The molecule has 1 N–H and O–H groups in total. The quantitative estimate of drug-likeness (QED) is 0.724. The van der Waals surface area contributed by atoms with Crippen LogP contribution in [0.25, 0.3) is 0 Å². The summed E-state index contributed by atoms with van der Waals surface area (Å²) >= 11 is 7.52. The Morgan fingerprint density at radius 1 is 1.24 bits per heavy atom. The van der Waals surface area contributed by atoms with Crippen molar-refractivity contribution in [2.75, 3.05) is 5.32 Å². The first kappa shape index (κ1) is 17.2. The summed E-state index contributed by atoms with van der Waals surface area (Å²) in [5, 5.41) is 15.2. The minimum atomic E-state index is -0.158. The molecule has 1 aromatic heterocycles. The van der Waals surface area contributed by atoms with E-state index in [1.165, 1.54) is 11.3 Å². The van der Waals surface area contributed by atoms with Gasteiger partial charge in [0.1, 0.15) is 0 Å². The number of aromatic nitrogens is 1. The number of rotatable bonds is 5. The second-order valence-electron chi connectivity index (χ2n) is 5.46. The van der Waals surface area contributed by atoms with E-state index in [0.29, 0.717) is 22.7 Å². The number of nitrogens with one attached hydrogen (secondary N) is 1. The molecule has 0 saturated heterocycles. The summed E-state index contributed by atoms with van der Waals surface area (Å²) in [5.41, 5.74) is 2.94. The van der Waals surface area contributed by atoms with Gasteiger partial charge in [0.25, 0.3) is 0 Å². The monoisotopic (exact) mass is 367 g/mol. The fourth-order valence-corrected chi connectivity index (χ4v) is 3.41. The van der Waals surface area contributed by atoms with Crippen LogP contribution in [0.1, 0.15) is 21.8 Å². The molecule has 0 spiro atoms. The molecule has 4 nitrogen and oxygen atoms in total. The number of thiazole rings is 1. The molecule has 0 saturated carbocycles. The fourth-order valence-electron chi connectivity index (χ4n) is 2.37. The van der Waals surface area contributed by atoms with E-state index in [4.69, 9.17) is 16.9 Å². The Hall–Kier alpha value is -2.68. The van der Waals surface area contributed by atoms with Gasteiger partial charge in [0, 0.05) is 22.5 Å². The van der Waals surface area contributed by atoms with Crippen molar-refractivity contribution in [2.45, 2.75) is 12.8 Å². The highest BCUT2D eigenvalue weighted by Crippen LogP contribution is 2.18. The Kier molecular flexibility index (Phi) is 5.44. The summed E-state index contributed by atoms with van der Waals surface area (Å²) in [7, 11) is 0. The van der Waals surface area contributed by atoms with Crippen LogP contribution in [0, 0.1) is 11.3 Å². The third-order valence-corrected chi connectivity index (χ3v) is 4.59. The van der Waals surface area contributed by atoms with E-state index in [9.17, 15) is 4.79 Å². The van der Waals surface area contributed by atoms with Crippen LogP contribution < -0.4 is 5.32 Å². The molecule has 0 aliphatic heterocycles. The molecular weight excluding hydrogens is 354 g/mol. The van der Waals surface area contributed by atoms with Gasteiger partial charge in [-0.25, -0.2) is 4.98 Å². The maximum atomic E-state index is 12.1. The summed E-state index contributed by atoms with van der Waals surface area (Å²) in [6.45, 7) is 0. The van der Waals surface area contributed by atoms with Crippen LogP contribution in [-0.2, 0) is 17.6 Å². The summed E-state index contributed by atoms with van der Waals surface area (Å²) in [4.78, 5) is 16.7. The lowest BCUT2D eigenvalue weighted by atomic mass is 10.2. The lowest BCUT2D eigenvalue weighted by molar-refractivity contribution is -0.115. The zero-order valence-corrected chi connectivity index (χ0v) is 14.8.